The van der Waals surface area contributed by atoms with Gasteiger partial charge in [-0.15, -0.1) is 0 Å². The zero-order chi connectivity index (χ0) is 24.4. The quantitative estimate of drug-likeness (QED) is 0.597. The molecule has 0 bridgehead atoms. The summed E-state index contributed by atoms with van der Waals surface area (Å²) in [5, 5.41) is 3.55. The van der Waals surface area contributed by atoms with Gasteiger partial charge in [0.1, 0.15) is 18.0 Å². The molecule has 0 saturated carbocycles. The summed E-state index contributed by atoms with van der Waals surface area (Å²) in [5.74, 6) is 0.763. The molecule has 0 unspecified atom stereocenters. The number of aryl methyl sites for hydroxylation is 1. The van der Waals surface area contributed by atoms with Crippen molar-refractivity contribution in [1.82, 2.24) is 20.2 Å². The van der Waals surface area contributed by atoms with Crippen molar-refractivity contribution in [3.8, 4) is 0 Å². The summed E-state index contributed by atoms with van der Waals surface area (Å²) in [7, 11) is 0. The largest absolute Gasteiger partial charge is 0.381 e. The van der Waals surface area contributed by atoms with Crippen molar-refractivity contribution in [2.75, 3.05) is 50.8 Å². The fourth-order valence-corrected chi connectivity index (χ4v) is 5.74. The second kappa shape index (κ2) is 10.9. The molecule has 2 saturated heterocycles. The molecule has 2 aromatic rings. The number of carbonyl (C=O) groups is 1. The van der Waals surface area contributed by atoms with Gasteiger partial charge < -0.3 is 19.9 Å². The lowest BCUT2D eigenvalue weighted by Crippen LogP contribution is -2.52. The molecule has 1 amide bonds. The first-order chi connectivity index (χ1) is 17.0. The molecule has 35 heavy (non-hydrogen) atoms. The highest BCUT2D eigenvalue weighted by atomic mass is 79.9. The van der Waals surface area contributed by atoms with Gasteiger partial charge in [-0.3, -0.25) is 4.79 Å². The van der Waals surface area contributed by atoms with E-state index in [-0.39, 0.29) is 11.7 Å². The molecule has 1 aromatic heterocycles. The number of halogens is 2. The topological polar surface area (TPSA) is 70.6 Å². The van der Waals surface area contributed by atoms with Gasteiger partial charge in [-0.05, 0) is 65.2 Å². The van der Waals surface area contributed by atoms with E-state index in [1.54, 1.807) is 12.4 Å². The van der Waals surface area contributed by atoms with Crippen LogP contribution in [0.5, 0.6) is 0 Å². The lowest BCUT2D eigenvalue weighted by Gasteiger charge is -2.38. The van der Waals surface area contributed by atoms with Crippen LogP contribution < -0.4 is 10.2 Å². The Morgan fingerprint density at radius 1 is 1.20 bits per heavy atom. The number of ether oxygens (including phenoxy) is 1. The molecule has 2 atom stereocenters. The third kappa shape index (κ3) is 5.37. The average molecular weight is 546 g/mol. The molecule has 5 rings (SSSR count). The van der Waals surface area contributed by atoms with Gasteiger partial charge in [0.2, 0.25) is 5.91 Å². The summed E-state index contributed by atoms with van der Waals surface area (Å²) in [6.07, 6.45) is 5.65. The van der Waals surface area contributed by atoms with Crippen LogP contribution in [0.25, 0.3) is 0 Å². The van der Waals surface area contributed by atoms with Crippen LogP contribution in [0.2, 0.25) is 0 Å². The van der Waals surface area contributed by atoms with E-state index < -0.39 is 5.92 Å². The number of anilines is 1. The van der Waals surface area contributed by atoms with Crippen molar-refractivity contribution in [1.29, 1.82) is 0 Å². The second-order valence-corrected chi connectivity index (χ2v) is 10.7. The fourth-order valence-electron chi connectivity index (χ4n) is 5.50. The minimum atomic E-state index is -0.435. The minimum absolute atomic E-state index is 0.0483. The maximum absolute atomic E-state index is 14.4. The number of hydrogen-bond donors (Lipinski definition) is 1. The van der Waals surface area contributed by atoms with E-state index in [1.807, 2.05) is 11.0 Å². The normalized spacial score (nSPS) is 21.7. The molecule has 2 aliphatic heterocycles. The molecule has 1 aromatic carbocycles. The van der Waals surface area contributed by atoms with Gasteiger partial charge in [-0.25, -0.2) is 14.4 Å². The average Bonchev–Trinajstić information content (AvgIpc) is 3.28. The highest BCUT2D eigenvalue weighted by Crippen LogP contribution is 2.37. The lowest BCUT2D eigenvalue weighted by molar-refractivity contribution is -0.133. The highest BCUT2D eigenvalue weighted by Gasteiger charge is 2.32. The van der Waals surface area contributed by atoms with Gasteiger partial charge in [-0.1, -0.05) is 13.0 Å². The van der Waals surface area contributed by atoms with Crippen molar-refractivity contribution < 1.29 is 13.9 Å². The van der Waals surface area contributed by atoms with E-state index in [2.05, 4.69) is 43.0 Å². The van der Waals surface area contributed by atoms with Crippen molar-refractivity contribution in [2.45, 2.75) is 50.5 Å². The maximum atomic E-state index is 14.4. The Bertz CT molecular complexity index is 1060. The standard InChI is InChI=1S/C26H33BrFN5O2/c1-17-2-5-23-24(17)25(31-16-30-23)32-8-10-33(11-9-32)26(34)20(15-29-19-6-12-35-13-7-19)18-3-4-21(27)22(28)14-18/h3-4,14,16-17,19-20,29H,2,5-13,15H2,1H3/t17-,20-/m1/s1. The number of carbonyl (C=O) groups excluding carboxylic acids is 1. The Kier molecular flexibility index (Phi) is 7.65. The van der Waals surface area contributed by atoms with Crippen molar-refractivity contribution in [2.24, 2.45) is 0 Å². The van der Waals surface area contributed by atoms with Gasteiger partial charge in [0.15, 0.2) is 0 Å². The van der Waals surface area contributed by atoms with Crippen LogP contribution in [0.15, 0.2) is 29.0 Å². The summed E-state index contributed by atoms with van der Waals surface area (Å²) in [6, 6.07) is 5.34. The molecule has 7 nitrogen and oxygen atoms in total. The molecule has 1 aliphatic carbocycles. The number of rotatable bonds is 6. The molecular formula is C26H33BrFN5O2. The van der Waals surface area contributed by atoms with E-state index in [0.29, 0.717) is 41.6 Å². The molecule has 3 heterocycles. The Balaban J connectivity index is 1.29. The zero-order valence-electron chi connectivity index (χ0n) is 20.2. The lowest BCUT2D eigenvalue weighted by atomic mass is 9.95. The van der Waals surface area contributed by atoms with Crippen LogP contribution in [0.3, 0.4) is 0 Å². The van der Waals surface area contributed by atoms with Crippen LogP contribution in [0.1, 0.15) is 54.8 Å². The first kappa shape index (κ1) is 24.6. The van der Waals surface area contributed by atoms with E-state index in [4.69, 9.17) is 4.74 Å². The summed E-state index contributed by atoms with van der Waals surface area (Å²) in [5.41, 5.74) is 3.15. The summed E-state index contributed by atoms with van der Waals surface area (Å²) < 4.78 is 20.3. The van der Waals surface area contributed by atoms with Gasteiger partial charge >= 0.3 is 0 Å². The molecular weight excluding hydrogens is 513 g/mol. The molecule has 3 aliphatic rings. The predicted octanol–water partition coefficient (Wildman–Crippen LogP) is 3.63. The first-order valence-corrected chi connectivity index (χ1v) is 13.4. The van der Waals surface area contributed by atoms with Gasteiger partial charge in [-0.2, -0.15) is 0 Å². The number of nitrogens with zero attached hydrogens (tertiary/aromatic N) is 4. The number of piperazine rings is 1. The van der Waals surface area contributed by atoms with Crippen LogP contribution >= 0.6 is 15.9 Å². The molecule has 1 N–H and O–H groups in total. The summed E-state index contributed by atoms with van der Waals surface area (Å²) in [6.45, 7) is 6.91. The Morgan fingerprint density at radius 3 is 2.71 bits per heavy atom. The fraction of sp³-hybridized carbons (Fsp3) is 0.577. The third-order valence-corrected chi connectivity index (χ3v) is 8.26. The summed E-state index contributed by atoms with van der Waals surface area (Å²) >= 11 is 3.23. The Labute approximate surface area is 214 Å². The van der Waals surface area contributed by atoms with Crippen LogP contribution in [-0.4, -0.2) is 72.8 Å². The molecule has 0 radical (unpaired) electrons. The van der Waals surface area contributed by atoms with Gasteiger partial charge in [0, 0.05) is 63.2 Å². The number of benzene rings is 1. The van der Waals surface area contributed by atoms with Gasteiger partial charge in [0.05, 0.1) is 10.4 Å². The molecule has 2 fully saturated rings. The van der Waals surface area contributed by atoms with Crippen molar-refractivity contribution in [3.63, 3.8) is 0 Å². The Morgan fingerprint density at radius 2 is 1.97 bits per heavy atom. The van der Waals surface area contributed by atoms with E-state index in [1.165, 1.54) is 11.6 Å². The maximum Gasteiger partial charge on any atom is 0.231 e. The number of nitrogens with one attached hydrogen (secondary N) is 1. The van der Waals surface area contributed by atoms with Crippen LogP contribution in [0.4, 0.5) is 10.2 Å². The third-order valence-electron chi connectivity index (χ3n) is 7.62. The SMILES string of the molecule is C[C@@H]1CCc2ncnc(N3CCN(C(=O)[C@H](CNC4CCOCC4)c4ccc(Br)c(F)c4)CC3)c21. The van der Waals surface area contributed by atoms with Crippen LogP contribution in [-0.2, 0) is 16.0 Å². The number of amides is 1. The van der Waals surface area contributed by atoms with E-state index >= 15 is 0 Å². The first-order valence-electron chi connectivity index (χ1n) is 12.6. The van der Waals surface area contributed by atoms with Gasteiger partial charge in [0.25, 0.3) is 0 Å². The molecule has 9 heteroatoms. The zero-order valence-corrected chi connectivity index (χ0v) is 21.8. The number of hydrogen-bond acceptors (Lipinski definition) is 6. The number of fused-ring (bicyclic) bond motifs is 1. The monoisotopic (exact) mass is 545 g/mol. The van der Waals surface area contributed by atoms with E-state index in [9.17, 15) is 9.18 Å². The number of aromatic nitrogens is 2. The van der Waals surface area contributed by atoms with E-state index in [0.717, 1.165) is 63.5 Å². The molecule has 0 spiro atoms. The second-order valence-electron chi connectivity index (χ2n) is 9.83. The predicted molar refractivity (Wildman–Crippen MR) is 136 cm³/mol. The van der Waals surface area contributed by atoms with Crippen molar-refractivity contribution >= 4 is 27.7 Å². The highest BCUT2D eigenvalue weighted by molar-refractivity contribution is 9.10. The Hall–Kier alpha value is -2.10. The minimum Gasteiger partial charge on any atom is -0.381 e. The van der Waals surface area contributed by atoms with Crippen molar-refractivity contribution in [3.05, 3.63) is 51.6 Å². The summed E-state index contributed by atoms with van der Waals surface area (Å²) in [4.78, 5) is 27.1. The molecule has 188 valence electrons. The smallest absolute Gasteiger partial charge is 0.231 e. The van der Waals surface area contributed by atoms with Crippen LogP contribution in [0, 0.1) is 5.82 Å².